The smallest absolute Gasteiger partial charge is 0.328 e. The summed E-state index contributed by atoms with van der Waals surface area (Å²) < 4.78 is 5.69. The Morgan fingerprint density at radius 1 is 1.55 bits per heavy atom. The van der Waals surface area contributed by atoms with E-state index < -0.39 is 5.97 Å². The average Bonchev–Trinajstić information content (AvgIpc) is 2.81. The summed E-state index contributed by atoms with van der Waals surface area (Å²) in [6, 6.07) is 5.08. The molecule has 0 spiro atoms. The van der Waals surface area contributed by atoms with Crippen LogP contribution < -0.4 is 4.74 Å². The molecule has 6 heteroatoms. The average molecular weight is 310 g/mol. The zero-order valence-electron chi connectivity index (χ0n) is 10.7. The molecule has 0 atom stereocenters. The molecule has 0 saturated carbocycles. The molecule has 0 aliphatic carbocycles. The lowest BCUT2D eigenvalue weighted by molar-refractivity contribution is -0.131. The number of aliphatic carboxylic acids is 1. The van der Waals surface area contributed by atoms with Gasteiger partial charge in [-0.25, -0.2) is 9.78 Å². The van der Waals surface area contributed by atoms with Gasteiger partial charge in [-0.3, -0.25) is 0 Å². The summed E-state index contributed by atoms with van der Waals surface area (Å²) in [5, 5.41) is 10.2. The maximum Gasteiger partial charge on any atom is 0.328 e. The topological polar surface area (TPSA) is 59.4 Å². The van der Waals surface area contributed by atoms with Crippen LogP contribution in [0.1, 0.15) is 15.4 Å². The number of carboxylic acid groups (broad SMARTS) is 1. The van der Waals surface area contributed by atoms with E-state index in [9.17, 15) is 4.79 Å². The van der Waals surface area contributed by atoms with E-state index in [1.54, 1.807) is 35.7 Å². The van der Waals surface area contributed by atoms with Crippen molar-refractivity contribution in [2.45, 2.75) is 13.5 Å². The van der Waals surface area contributed by atoms with Crippen molar-refractivity contribution >= 4 is 35.0 Å². The Morgan fingerprint density at radius 3 is 3.00 bits per heavy atom. The first-order valence-electron chi connectivity index (χ1n) is 5.79. The highest BCUT2D eigenvalue weighted by Gasteiger charge is 2.05. The lowest BCUT2D eigenvalue weighted by Gasteiger charge is -2.08. The molecule has 0 amide bonds. The van der Waals surface area contributed by atoms with Crippen molar-refractivity contribution in [1.29, 1.82) is 0 Å². The van der Waals surface area contributed by atoms with Crippen molar-refractivity contribution in [3.8, 4) is 5.75 Å². The van der Waals surface area contributed by atoms with Gasteiger partial charge >= 0.3 is 5.97 Å². The number of halogens is 1. The maximum absolute atomic E-state index is 10.6. The van der Waals surface area contributed by atoms with Gasteiger partial charge in [0.25, 0.3) is 0 Å². The van der Waals surface area contributed by atoms with Gasteiger partial charge in [0.1, 0.15) is 12.4 Å². The Labute approximate surface area is 125 Å². The summed E-state index contributed by atoms with van der Waals surface area (Å²) in [6.07, 6.45) is 4.28. The van der Waals surface area contributed by atoms with Crippen LogP contribution in [0.25, 0.3) is 6.08 Å². The third kappa shape index (κ3) is 4.08. The summed E-state index contributed by atoms with van der Waals surface area (Å²) in [5.41, 5.74) is 0.626. The minimum Gasteiger partial charge on any atom is -0.487 e. The van der Waals surface area contributed by atoms with Crippen LogP contribution in [0.3, 0.4) is 0 Å². The molecule has 0 bridgehead atoms. The molecule has 4 nitrogen and oxygen atoms in total. The van der Waals surface area contributed by atoms with Gasteiger partial charge in [0.2, 0.25) is 0 Å². The van der Waals surface area contributed by atoms with Crippen molar-refractivity contribution < 1.29 is 14.6 Å². The second kappa shape index (κ2) is 6.54. The fourth-order valence-corrected chi connectivity index (χ4v) is 2.45. The van der Waals surface area contributed by atoms with Crippen LogP contribution in [0.2, 0.25) is 5.02 Å². The predicted octanol–water partition coefficient (Wildman–Crippen LogP) is 3.78. The molecule has 0 aliphatic heterocycles. The number of benzene rings is 1. The summed E-state index contributed by atoms with van der Waals surface area (Å²) in [4.78, 5) is 15.7. The maximum atomic E-state index is 10.6. The number of hydrogen-bond acceptors (Lipinski definition) is 4. The quantitative estimate of drug-likeness (QED) is 0.854. The molecule has 1 aromatic carbocycles. The summed E-state index contributed by atoms with van der Waals surface area (Å²) in [6.45, 7) is 2.32. The monoisotopic (exact) mass is 309 g/mol. The molecule has 1 aromatic heterocycles. The number of nitrogens with zero attached hydrogens (tertiary/aromatic N) is 1. The zero-order chi connectivity index (χ0) is 14.5. The highest BCUT2D eigenvalue weighted by molar-refractivity contribution is 7.11. The molecule has 2 rings (SSSR count). The second-order valence-electron chi connectivity index (χ2n) is 3.99. The van der Waals surface area contributed by atoms with Gasteiger partial charge in [0.05, 0.1) is 9.88 Å². The highest BCUT2D eigenvalue weighted by Crippen LogP contribution is 2.25. The number of thiazole rings is 1. The number of carbonyl (C=O) groups is 1. The van der Waals surface area contributed by atoms with Gasteiger partial charge in [-0.05, 0) is 31.2 Å². The minimum absolute atomic E-state index is 0.390. The van der Waals surface area contributed by atoms with Crippen LogP contribution in [0.5, 0.6) is 5.75 Å². The molecule has 20 heavy (non-hydrogen) atoms. The molecule has 0 saturated heterocycles. The van der Waals surface area contributed by atoms with E-state index in [2.05, 4.69) is 4.98 Å². The minimum atomic E-state index is -1.02. The van der Waals surface area contributed by atoms with Crippen LogP contribution in [-0.4, -0.2) is 16.1 Å². The number of aryl methyl sites for hydroxylation is 1. The van der Waals surface area contributed by atoms with E-state index in [0.29, 0.717) is 22.9 Å². The van der Waals surface area contributed by atoms with Crippen molar-refractivity contribution in [2.24, 2.45) is 0 Å². The Kier molecular flexibility index (Phi) is 4.76. The summed E-state index contributed by atoms with van der Waals surface area (Å²) in [5.74, 6) is -0.438. The van der Waals surface area contributed by atoms with Crippen molar-refractivity contribution in [2.75, 3.05) is 0 Å². The number of rotatable bonds is 5. The third-order valence-corrected chi connectivity index (χ3v) is 3.54. The normalized spacial score (nSPS) is 10.9. The largest absolute Gasteiger partial charge is 0.487 e. The van der Waals surface area contributed by atoms with E-state index in [1.807, 2.05) is 6.92 Å². The summed E-state index contributed by atoms with van der Waals surface area (Å²) >= 11 is 7.47. The molecule has 0 unspecified atom stereocenters. The molecule has 1 N–H and O–H groups in total. The molecule has 2 aromatic rings. The molecule has 0 aliphatic rings. The zero-order valence-corrected chi connectivity index (χ0v) is 12.2. The van der Waals surface area contributed by atoms with Crippen LogP contribution in [0.4, 0.5) is 0 Å². The fraction of sp³-hybridized carbons (Fsp3) is 0.143. The van der Waals surface area contributed by atoms with E-state index in [4.69, 9.17) is 21.4 Å². The lowest BCUT2D eigenvalue weighted by Crippen LogP contribution is -1.95. The van der Waals surface area contributed by atoms with Gasteiger partial charge in [0, 0.05) is 22.9 Å². The Hall–Kier alpha value is -1.85. The van der Waals surface area contributed by atoms with Crippen LogP contribution >= 0.6 is 22.9 Å². The molecule has 0 radical (unpaired) electrons. The van der Waals surface area contributed by atoms with Gasteiger partial charge in [0.15, 0.2) is 0 Å². The van der Waals surface area contributed by atoms with Gasteiger partial charge in [-0.2, -0.15) is 0 Å². The van der Waals surface area contributed by atoms with E-state index in [-0.39, 0.29) is 0 Å². The van der Waals surface area contributed by atoms with Crippen molar-refractivity contribution in [3.63, 3.8) is 0 Å². The fourth-order valence-electron chi connectivity index (χ4n) is 1.56. The first kappa shape index (κ1) is 14.6. The van der Waals surface area contributed by atoms with E-state index in [0.717, 1.165) is 16.0 Å². The molecular weight excluding hydrogens is 298 g/mol. The number of carboxylic acids is 1. The standard InChI is InChI=1S/C14H12ClNO3S/c1-9-16-7-12(20-9)8-19-13-4-3-11(15)6-10(13)2-5-14(17)18/h2-7H,8H2,1H3,(H,17,18). The van der Waals surface area contributed by atoms with Crippen molar-refractivity contribution in [3.05, 3.63) is 50.9 Å². The molecule has 104 valence electrons. The number of ether oxygens (including phenoxy) is 1. The summed E-state index contributed by atoms with van der Waals surface area (Å²) in [7, 11) is 0. The Bertz CT molecular complexity index is 652. The van der Waals surface area contributed by atoms with Crippen LogP contribution in [-0.2, 0) is 11.4 Å². The molecule has 1 heterocycles. The Morgan fingerprint density at radius 2 is 2.35 bits per heavy atom. The van der Waals surface area contributed by atoms with Gasteiger partial charge < -0.3 is 9.84 Å². The molecular formula is C14H12ClNO3S. The molecule has 0 fully saturated rings. The SMILES string of the molecule is Cc1ncc(COc2ccc(Cl)cc2C=CC(=O)O)s1. The Balaban J connectivity index is 2.15. The van der Waals surface area contributed by atoms with Crippen LogP contribution in [0, 0.1) is 6.92 Å². The lowest BCUT2D eigenvalue weighted by atomic mass is 10.2. The first-order chi connectivity index (χ1) is 9.54. The predicted molar refractivity (Wildman–Crippen MR) is 79.3 cm³/mol. The number of aromatic nitrogens is 1. The van der Waals surface area contributed by atoms with Crippen LogP contribution in [0.15, 0.2) is 30.5 Å². The number of hydrogen-bond donors (Lipinski definition) is 1. The van der Waals surface area contributed by atoms with Gasteiger partial charge in [-0.1, -0.05) is 11.6 Å². The van der Waals surface area contributed by atoms with Gasteiger partial charge in [-0.15, -0.1) is 11.3 Å². The first-order valence-corrected chi connectivity index (χ1v) is 6.98. The van der Waals surface area contributed by atoms with E-state index >= 15 is 0 Å². The highest BCUT2D eigenvalue weighted by atomic mass is 35.5. The van der Waals surface area contributed by atoms with Crippen molar-refractivity contribution in [1.82, 2.24) is 4.98 Å². The third-order valence-electron chi connectivity index (χ3n) is 2.42. The second-order valence-corrected chi connectivity index (χ2v) is 5.74. The van der Waals surface area contributed by atoms with E-state index in [1.165, 1.54) is 6.08 Å².